The number of hydrogen-bond donors (Lipinski definition) is 2. The topological polar surface area (TPSA) is 68.3 Å². The van der Waals surface area contributed by atoms with Crippen molar-refractivity contribution in [1.82, 2.24) is 0 Å². The summed E-state index contributed by atoms with van der Waals surface area (Å²) in [4.78, 5) is 13.0. The van der Waals surface area contributed by atoms with Crippen LogP contribution in [0.1, 0.15) is 23.9 Å². The van der Waals surface area contributed by atoms with Gasteiger partial charge in [-0.1, -0.05) is 6.92 Å². The lowest BCUT2D eigenvalue weighted by Crippen LogP contribution is -2.12. The van der Waals surface area contributed by atoms with Gasteiger partial charge in [-0.2, -0.15) is 0 Å². The average Bonchev–Trinajstić information content (AvgIpc) is 2.93. The molecule has 0 bridgehead atoms. The molecule has 0 saturated heterocycles. The highest BCUT2D eigenvalue weighted by atomic mass is 32.2. The van der Waals surface area contributed by atoms with Gasteiger partial charge in [0.05, 0.1) is 17.6 Å². The Balaban J connectivity index is 2.12. The van der Waals surface area contributed by atoms with Crippen LogP contribution in [0.15, 0.2) is 45.9 Å². The third-order valence-electron chi connectivity index (χ3n) is 2.49. The zero-order chi connectivity index (χ0) is 13.7. The van der Waals surface area contributed by atoms with Gasteiger partial charge in [-0.3, -0.25) is 4.79 Å². The number of nitrogens with two attached hydrogens (primary N) is 1. The van der Waals surface area contributed by atoms with Crippen molar-refractivity contribution in [3.05, 3.63) is 42.4 Å². The number of anilines is 2. The molecular formula is C14H16N2O2S. The van der Waals surface area contributed by atoms with Crippen LogP contribution in [0.3, 0.4) is 0 Å². The zero-order valence-corrected chi connectivity index (χ0v) is 11.5. The Hall–Kier alpha value is -1.88. The van der Waals surface area contributed by atoms with Crippen molar-refractivity contribution in [1.29, 1.82) is 0 Å². The predicted molar refractivity (Wildman–Crippen MR) is 78.5 cm³/mol. The maximum Gasteiger partial charge on any atom is 0.291 e. The van der Waals surface area contributed by atoms with E-state index in [9.17, 15) is 4.79 Å². The zero-order valence-electron chi connectivity index (χ0n) is 10.7. The summed E-state index contributed by atoms with van der Waals surface area (Å²) in [5.74, 6) is 1.01. The van der Waals surface area contributed by atoms with Crippen molar-refractivity contribution in [2.75, 3.05) is 16.8 Å². The first-order chi connectivity index (χ1) is 9.20. The molecule has 4 nitrogen and oxygen atoms in total. The molecular weight excluding hydrogens is 260 g/mol. The van der Waals surface area contributed by atoms with Crippen molar-refractivity contribution in [2.24, 2.45) is 0 Å². The molecule has 2 aromatic rings. The fourth-order valence-electron chi connectivity index (χ4n) is 1.55. The molecule has 0 aliphatic heterocycles. The van der Waals surface area contributed by atoms with E-state index in [2.05, 4.69) is 12.2 Å². The van der Waals surface area contributed by atoms with E-state index in [1.54, 1.807) is 30.0 Å². The van der Waals surface area contributed by atoms with Gasteiger partial charge < -0.3 is 15.5 Å². The summed E-state index contributed by atoms with van der Waals surface area (Å²) in [6, 6.07) is 8.93. The number of rotatable bonds is 5. The standard InChI is InChI=1S/C14H16N2O2S/c1-2-8-19-10-5-6-11(15)12(9-10)16-14(17)13-4-3-7-18-13/h3-7,9H,2,8,15H2,1H3,(H,16,17). The van der Waals surface area contributed by atoms with Crippen LogP contribution in [0, 0.1) is 0 Å². The van der Waals surface area contributed by atoms with E-state index in [0.29, 0.717) is 11.4 Å². The predicted octanol–water partition coefficient (Wildman–Crippen LogP) is 3.62. The summed E-state index contributed by atoms with van der Waals surface area (Å²) >= 11 is 1.74. The van der Waals surface area contributed by atoms with Crippen molar-refractivity contribution in [3.63, 3.8) is 0 Å². The minimum Gasteiger partial charge on any atom is -0.459 e. The van der Waals surface area contributed by atoms with Gasteiger partial charge in [-0.25, -0.2) is 0 Å². The van der Waals surface area contributed by atoms with E-state index in [4.69, 9.17) is 10.2 Å². The van der Waals surface area contributed by atoms with E-state index in [1.807, 2.05) is 12.1 Å². The highest BCUT2D eigenvalue weighted by Crippen LogP contribution is 2.27. The van der Waals surface area contributed by atoms with E-state index in [1.165, 1.54) is 6.26 Å². The number of nitrogens with one attached hydrogen (secondary N) is 1. The maximum absolute atomic E-state index is 11.9. The molecule has 0 radical (unpaired) electrons. The monoisotopic (exact) mass is 276 g/mol. The second-order valence-electron chi connectivity index (χ2n) is 4.03. The lowest BCUT2D eigenvalue weighted by molar-refractivity contribution is 0.0996. The summed E-state index contributed by atoms with van der Waals surface area (Å²) in [6.07, 6.45) is 2.56. The summed E-state index contributed by atoms with van der Waals surface area (Å²) < 4.78 is 5.04. The van der Waals surface area contributed by atoms with Crippen LogP contribution in [-0.4, -0.2) is 11.7 Å². The molecule has 3 N–H and O–H groups in total. The summed E-state index contributed by atoms with van der Waals surface area (Å²) in [7, 11) is 0. The molecule has 1 heterocycles. The number of carbonyl (C=O) groups is 1. The van der Waals surface area contributed by atoms with E-state index in [0.717, 1.165) is 17.1 Å². The Bertz CT molecular complexity index is 553. The van der Waals surface area contributed by atoms with Crippen LogP contribution < -0.4 is 11.1 Å². The van der Waals surface area contributed by atoms with E-state index < -0.39 is 0 Å². The fourth-order valence-corrected chi connectivity index (χ4v) is 2.35. The van der Waals surface area contributed by atoms with Gasteiger partial charge in [0.15, 0.2) is 5.76 Å². The quantitative estimate of drug-likeness (QED) is 0.646. The molecule has 5 heteroatoms. The molecule has 1 amide bonds. The van der Waals surface area contributed by atoms with Crippen LogP contribution in [0.2, 0.25) is 0 Å². The molecule has 19 heavy (non-hydrogen) atoms. The Kier molecular flexibility index (Phi) is 4.52. The van der Waals surface area contributed by atoms with Crippen LogP contribution in [-0.2, 0) is 0 Å². The normalized spacial score (nSPS) is 10.4. The van der Waals surface area contributed by atoms with Crippen LogP contribution in [0.5, 0.6) is 0 Å². The van der Waals surface area contributed by atoms with Crippen LogP contribution >= 0.6 is 11.8 Å². The minimum absolute atomic E-state index is 0.269. The Morgan fingerprint density at radius 2 is 2.26 bits per heavy atom. The van der Waals surface area contributed by atoms with Gasteiger partial charge in [0.25, 0.3) is 5.91 Å². The van der Waals surface area contributed by atoms with Gasteiger partial charge >= 0.3 is 0 Å². The maximum atomic E-state index is 11.9. The molecule has 0 aliphatic carbocycles. The fraction of sp³-hybridized carbons (Fsp3) is 0.214. The molecule has 0 unspecified atom stereocenters. The van der Waals surface area contributed by atoms with Crippen molar-refractivity contribution in [3.8, 4) is 0 Å². The lowest BCUT2D eigenvalue weighted by Gasteiger charge is -2.09. The summed E-state index contributed by atoms with van der Waals surface area (Å²) in [5, 5.41) is 2.76. The highest BCUT2D eigenvalue weighted by Gasteiger charge is 2.11. The molecule has 1 aromatic heterocycles. The SMILES string of the molecule is CCCSc1ccc(N)c(NC(=O)c2ccco2)c1. The summed E-state index contributed by atoms with van der Waals surface area (Å²) in [5.41, 5.74) is 7.02. The molecule has 0 saturated carbocycles. The van der Waals surface area contributed by atoms with E-state index in [-0.39, 0.29) is 11.7 Å². The number of hydrogen-bond acceptors (Lipinski definition) is 4. The van der Waals surface area contributed by atoms with Crippen molar-refractivity contribution in [2.45, 2.75) is 18.2 Å². The smallest absolute Gasteiger partial charge is 0.291 e. The first-order valence-corrected chi connectivity index (χ1v) is 7.06. The van der Waals surface area contributed by atoms with Gasteiger partial charge in [0.1, 0.15) is 0 Å². The van der Waals surface area contributed by atoms with Crippen molar-refractivity contribution >= 4 is 29.0 Å². The van der Waals surface area contributed by atoms with Crippen molar-refractivity contribution < 1.29 is 9.21 Å². The largest absolute Gasteiger partial charge is 0.459 e. The summed E-state index contributed by atoms with van der Waals surface area (Å²) in [6.45, 7) is 2.13. The lowest BCUT2D eigenvalue weighted by atomic mass is 10.2. The second kappa shape index (κ2) is 6.33. The van der Waals surface area contributed by atoms with Crippen LogP contribution in [0.25, 0.3) is 0 Å². The second-order valence-corrected chi connectivity index (χ2v) is 5.20. The minimum atomic E-state index is -0.297. The first-order valence-electron chi connectivity index (χ1n) is 6.08. The number of benzene rings is 1. The molecule has 0 atom stereocenters. The molecule has 2 rings (SSSR count). The molecule has 0 fully saturated rings. The molecule has 0 spiro atoms. The van der Waals surface area contributed by atoms with Gasteiger partial charge in [0, 0.05) is 4.90 Å². The van der Waals surface area contributed by atoms with Gasteiger partial charge in [-0.15, -0.1) is 11.8 Å². The third kappa shape index (κ3) is 3.54. The number of nitrogen functional groups attached to an aromatic ring is 1. The average molecular weight is 276 g/mol. The third-order valence-corrected chi connectivity index (χ3v) is 3.69. The number of carbonyl (C=O) groups excluding carboxylic acids is 1. The van der Waals surface area contributed by atoms with E-state index >= 15 is 0 Å². The Morgan fingerprint density at radius 3 is 2.95 bits per heavy atom. The van der Waals surface area contributed by atoms with Crippen LogP contribution in [0.4, 0.5) is 11.4 Å². The molecule has 1 aromatic carbocycles. The van der Waals surface area contributed by atoms with Gasteiger partial charge in [-0.05, 0) is 42.5 Å². The number of furan rings is 1. The first kappa shape index (κ1) is 13.5. The Labute approximate surface area is 116 Å². The molecule has 0 aliphatic rings. The highest BCUT2D eigenvalue weighted by molar-refractivity contribution is 7.99. The Morgan fingerprint density at radius 1 is 1.42 bits per heavy atom. The number of amides is 1. The number of thioether (sulfide) groups is 1. The van der Waals surface area contributed by atoms with Gasteiger partial charge in [0.2, 0.25) is 0 Å². The molecule has 100 valence electrons.